The molecule has 1 aromatic rings. The lowest BCUT2D eigenvalue weighted by molar-refractivity contribution is -0.134. The molecular formula is C18H25N3O2. The number of carbonyl (C=O) groups excluding carboxylic acids is 2. The van der Waals surface area contributed by atoms with Crippen molar-refractivity contribution in [3.05, 3.63) is 29.8 Å². The molecule has 124 valence electrons. The number of nitrogens with one attached hydrogen (secondary N) is 1. The van der Waals surface area contributed by atoms with Gasteiger partial charge in [0.25, 0.3) is 0 Å². The van der Waals surface area contributed by atoms with E-state index in [0.29, 0.717) is 13.1 Å². The summed E-state index contributed by atoms with van der Waals surface area (Å²) >= 11 is 0. The van der Waals surface area contributed by atoms with Crippen LogP contribution in [0.25, 0.3) is 0 Å². The van der Waals surface area contributed by atoms with Gasteiger partial charge >= 0.3 is 0 Å². The van der Waals surface area contributed by atoms with E-state index in [2.05, 4.69) is 10.2 Å². The van der Waals surface area contributed by atoms with E-state index in [9.17, 15) is 9.59 Å². The van der Waals surface area contributed by atoms with Crippen LogP contribution in [0.5, 0.6) is 0 Å². The molecule has 23 heavy (non-hydrogen) atoms. The summed E-state index contributed by atoms with van der Waals surface area (Å²) in [4.78, 5) is 28.6. The number of aryl methyl sites for hydroxylation is 1. The van der Waals surface area contributed by atoms with Crippen molar-refractivity contribution in [1.82, 2.24) is 9.80 Å². The first-order valence-corrected chi connectivity index (χ1v) is 8.49. The van der Waals surface area contributed by atoms with Crippen LogP contribution >= 0.6 is 0 Å². The van der Waals surface area contributed by atoms with Crippen molar-refractivity contribution in [2.45, 2.75) is 26.2 Å². The van der Waals surface area contributed by atoms with Crippen LogP contribution in [0.3, 0.4) is 0 Å². The van der Waals surface area contributed by atoms with Crippen molar-refractivity contribution in [3.63, 3.8) is 0 Å². The van der Waals surface area contributed by atoms with Gasteiger partial charge in [-0.1, -0.05) is 12.1 Å². The van der Waals surface area contributed by atoms with Crippen LogP contribution in [-0.4, -0.2) is 54.3 Å². The highest BCUT2D eigenvalue weighted by Crippen LogP contribution is 2.21. The van der Waals surface area contributed by atoms with E-state index in [0.717, 1.165) is 50.1 Å². The summed E-state index contributed by atoms with van der Waals surface area (Å²) in [5.41, 5.74) is 1.96. The highest BCUT2D eigenvalue weighted by molar-refractivity contribution is 5.92. The molecule has 3 rings (SSSR count). The lowest BCUT2D eigenvalue weighted by Gasteiger charge is -2.20. The number of hydrogen-bond acceptors (Lipinski definition) is 3. The summed E-state index contributed by atoms with van der Waals surface area (Å²) in [5.74, 6) is 0.342. The normalized spacial score (nSPS) is 21.6. The van der Waals surface area contributed by atoms with Crippen LogP contribution in [-0.2, 0) is 9.59 Å². The molecule has 0 bridgehead atoms. The molecule has 2 saturated heterocycles. The Morgan fingerprint density at radius 2 is 2.00 bits per heavy atom. The van der Waals surface area contributed by atoms with Crippen molar-refractivity contribution in [2.75, 3.05) is 38.0 Å². The van der Waals surface area contributed by atoms with Gasteiger partial charge in [-0.05, 0) is 50.4 Å². The molecule has 0 aromatic heterocycles. The zero-order chi connectivity index (χ0) is 16.2. The van der Waals surface area contributed by atoms with Gasteiger partial charge in [-0.25, -0.2) is 0 Å². The largest absolute Gasteiger partial charge is 0.342 e. The van der Waals surface area contributed by atoms with Crippen molar-refractivity contribution in [1.29, 1.82) is 0 Å². The fourth-order valence-corrected chi connectivity index (χ4v) is 3.50. The van der Waals surface area contributed by atoms with Gasteiger partial charge in [-0.3, -0.25) is 14.5 Å². The minimum atomic E-state index is -0.00938. The Morgan fingerprint density at radius 1 is 1.22 bits per heavy atom. The molecule has 0 radical (unpaired) electrons. The zero-order valence-electron chi connectivity index (χ0n) is 13.8. The predicted molar refractivity (Wildman–Crippen MR) is 90.2 cm³/mol. The summed E-state index contributed by atoms with van der Waals surface area (Å²) in [6.07, 6.45) is 3.12. The van der Waals surface area contributed by atoms with E-state index in [1.807, 2.05) is 36.1 Å². The number of nitrogens with zero attached hydrogens (tertiary/aromatic N) is 2. The van der Waals surface area contributed by atoms with Gasteiger partial charge in [0.15, 0.2) is 0 Å². The molecule has 1 aromatic carbocycles. The quantitative estimate of drug-likeness (QED) is 0.923. The Kier molecular flexibility index (Phi) is 4.96. The number of amides is 2. The van der Waals surface area contributed by atoms with Crippen LogP contribution in [0.4, 0.5) is 5.69 Å². The molecule has 2 amide bonds. The Hall–Kier alpha value is -1.88. The second-order valence-corrected chi connectivity index (χ2v) is 6.67. The Labute approximate surface area is 137 Å². The Balaban J connectivity index is 1.47. The van der Waals surface area contributed by atoms with E-state index in [-0.39, 0.29) is 17.7 Å². The molecule has 2 aliphatic rings. The summed E-state index contributed by atoms with van der Waals surface area (Å²) in [6, 6.07) is 7.80. The van der Waals surface area contributed by atoms with Crippen molar-refractivity contribution < 1.29 is 9.59 Å². The van der Waals surface area contributed by atoms with E-state index in [4.69, 9.17) is 0 Å². The number of likely N-dealkylation sites (tertiary alicyclic amines) is 2. The predicted octanol–water partition coefficient (Wildman–Crippen LogP) is 1.88. The molecule has 5 heteroatoms. The third-order valence-electron chi connectivity index (χ3n) is 4.71. The molecule has 1 N–H and O–H groups in total. The van der Waals surface area contributed by atoms with Crippen molar-refractivity contribution >= 4 is 17.5 Å². The number of rotatable bonds is 4. The van der Waals surface area contributed by atoms with Gasteiger partial charge in [0, 0.05) is 25.3 Å². The van der Waals surface area contributed by atoms with E-state index in [1.165, 1.54) is 0 Å². The topological polar surface area (TPSA) is 52.7 Å². The lowest BCUT2D eigenvalue weighted by Crippen LogP contribution is -2.36. The summed E-state index contributed by atoms with van der Waals surface area (Å²) in [6.45, 7) is 5.71. The van der Waals surface area contributed by atoms with Gasteiger partial charge in [0.05, 0.1) is 12.5 Å². The molecule has 0 aliphatic carbocycles. The Morgan fingerprint density at radius 3 is 2.74 bits per heavy atom. The molecule has 2 aliphatic heterocycles. The maximum Gasteiger partial charge on any atom is 0.238 e. The zero-order valence-corrected chi connectivity index (χ0v) is 13.8. The monoisotopic (exact) mass is 315 g/mol. The second-order valence-electron chi connectivity index (χ2n) is 6.67. The number of benzene rings is 1. The average molecular weight is 315 g/mol. The van der Waals surface area contributed by atoms with Crippen molar-refractivity contribution in [3.8, 4) is 0 Å². The van der Waals surface area contributed by atoms with Gasteiger partial charge in [-0.15, -0.1) is 0 Å². The van der Waals surface area contributed by atoms with Gasteiger partial charge in [0.2, 0.25) is 11.8 Å². The molecule has 2 heterocycles. The van der Waals surface area contributed by atoms with Crippen LogP contribution in [0, 0.1) is 12.8 Å². The first-order chi connectivity index (χ1) is 11.1. The fourth-order valence-electron chi connectivity index (χ4n) is 3.50. The molecule has 2 fully saturated rings. The molecule has 1 unspecified atom stereocenters. The molecule has 5 nitrogen and oxygen atoms in total. The van der Waals surface area contributed by atoms with E-state index in [1.54, 1.807) is 0 Å². The lowest BCUT2D eigenvalue weighted by atomic mass is 10.1. The fraction of sp³-hybridized carbons (Fsp3) is 0.556. The SMILES string of the molecule is Cc1cccc(NC(=O)CN2CCC(C(=O)N3CCCC3)C2)c1. The third kappa shape index (κ3) is 4.10. The van der Waals surface area contributed by atoms with E-state index < -0.39 is 0 Å². The molecule has 1 atom stereocenters. The molecular weight excluding hydrogens is 290 g/mol. The highest BCUT2D eigenvalue weighted by atomic mass is 16.2. The van der Waals surface area contributed by atoms with E-state index >= 15 is 0 Å². The summed E-state index contributed by atoms with van der Waals surface area (Å²) in [7, 11) is 0. The third-order valence-corrected chi connectivity index (χ3v) is 4.71. The number of anilines is 1. The smallest absolute Gasteiger partial charge is 0.238 e. The average Bonchev–Trinajstić information content (AvgIpc) is 3.17. The molecule has 0 spiro atoms. The standard InChI is InChI=1S/C18H25N3O2/c1-14-5-4-6-16(11-14)19-17(22)13-20-10-7-15(12-20)18(23)21-8-2-3-9-21/h4-6,11,15H,2-3,7-10,12-13H2,1H3,(H,19,22). The number of hydrogen-bond donors (Lipinski definition) is 1. The highest BCUT2D eigenvalue weighted by Gasteiger charge is 2.32. The van der Waals surface area contributed by atoms with Crippen LogP contribution in [0.15, 0.2) is 24.3 Å². The maximum absolute atomic E-state index is 12.4. The maximum atomic E-state index is 12.4. The minimum Gasteiger partial charge on any atom is -0.342 e. The van der Waals surface area contributed by atoms with Crippen LogP contribution in [0.2, 0.25) is 0 Å². The Bertz CT molecular complexity index is 581. The van der Waals surface area contributed by atoms with Crippen LogP contribution < -0.4 is 5.32 Å². The minimum absolute atomic E-state index is 0.00938. The van der Waals surface area contributed by atoms with Crippen molar-refractivity contribution in [2.24, 2.45) is 5.92 Å². The van der Waals surface area contributed by atoms with Gasteiger partial charge < -0.3 is 10.2 Å². The summed E-state index contributed by atoms with van der Waals surface area (Å²) in [5, 5.41) is 2.93. The summed E-state index contributed by atoms with van der Waals surface area (Å²) < 4.78 is 0. The molecule has 0 saturated carbocycles. The van der Waals surface area contributed by atoms with Gasteiger partial charge in [-0.2, -0.15) is 0 Å². The number of carbonyl (C=O) groups is 2. The second kappa shape index (κ2) is 7.13. The van der Waals surface area contributed by atoms with Gasteiger partial charge in [0.1, 0.15) is 0 Å². The first-order valence-electron chi connectivity index (χ1n) is 8.49. The first kappa shape index (κ1) is 16.0. The van der Waals surface area contributed by atoms with Crippen LogP contribution in [0.1, 0.15) is 24.8 Å².